The Bertz CT molecular complexity index is 256. The van der Waals surface area contributed by atoms with E-state index in [2.05, 4.69) is 11.8 Å². The molecule has 0 radical (unpaired) electrons. The van der Waals surface area contributed by atoms with E-state index in [1.807, 2.05) is 0 Å². The average molecular weight is 162 g/mol. The Morgan fingerprint density at radius 3 is 1.75 bits per heavy atom. The normalized spacial score (nSPS) is 28.5. The van der Waals surface area contributed by atoms with Crippen molar-refractivity contribution >= 4 is 6.03 Å². The van der Waals surface area contributed by atoms with Gasteiger partial charge in [0, 0.05) is 14.1 Å². The summed E-state index contributed by atoms with van der Waals surface area (Å²) in [4.78, 5) is 14.3. The maximum absolute atomic E-state index is 11.3. The largest absolute Gasteiger partial charge is 0.321 e. The van der Waals surface area contributed by atoms with Gasteiger partial charge in [0.05, 0.1) is 0 Å². The number of likely N-dealkylation sites (N-methyl/N-ethyl adjacent to an activating group) is 2. The lowest BCUT2D eigenvalue weighted by atomic mass is 10.1. The molecule has 0 aliphatic carbocycles. The van der Waals surface area contributed by atoms with E-state index in [0.29, 0.717) is 0 Å². The van der Waals surface area contributed by atoms with Gasteiger partial charge in [-0.15, -0.1) is 12.8 Å². The van der Waals surface area contributed by atoms with Crippen LogP contribution in [0.25, 0.3) is 0 Å². The molecule has 0 saturated carbocycles. The summed E-state index contributed by atoms with van der Waals surface area (Å²) in [6.45, 7) is 0. The van der Waals surface area contributed by atoms with Crippen molar-refractivity contribution in [1.82, 2.24) is 9.80 Å². The molecule has 2 atom stereocenters. The van der Waals surface area contributed by atoms with E-state index >= 15 is 0 Å². The first-order valence-electron chi connectivity index (χ1n) is 3.55. The van der Waals surface area contributed by atoms with E-state index in [1.54, 1.807) is 14.1 Å². The average Bonchev–Trinajstić information content (AvgIpc) is 2.29. The first-order chi connectivity index (χ1) is 5.63. The fraction of sp³-hybridized carbons (Fsp3) is 0.444. The maximum Gasteiger partial charge on any atom is 0.321 e. The molecule has 0 N–H and O–H groups in total. The van der Waals surface area contributed by atoms with Gasteiger partial charge in [0.1, 0.15) is 12.1 Å². The number of rotatable bonds is 0. The lowest BCUT2D eigenvalue weighted by molar-refractivity contribution is 0.202. The smallest absolute Gasteiger partial charge is 0.311 e. The second kappa shape index (κ2) is 2.79. The molecule has 3 heteroatoms. The first-order valence-corrected chi connectivity index (χ1v) is 3.55. The summed E-state index contributed by atoms with van der Waals surface area (Å²) in [5.74, 6) is 4.99. The zero-order valence-corrected chi connectivity index (χ0v) is 7.11. The summed E-state index contributed by atoms with van der Waals surface area (Å²) in [5, 5.41) is 0. The van der Waals surface area contributed by atoms with Crippen LogP contribution in [0.5, 0.6) is 0 Å². The highest BCUT2D eigenvalue weighted by Crippen LogP contribution is 2.18. The quantitative estimate of drug-likeness (QED) is 0.459. The van der Waals surface area contributed by atoms with Crippen LogP contribution in [0.2, 0.25) is 0 Å². The summed E-state index contributed by atoms with van der Waals surface area (Å²) in [7, 11) is 3.31. The van der Waals surface area contributed by atoms with Crippen LogP contribution < -0.4 is 0 Å². The van der Waals surface area contributed by atoms with Crippen molar-refractivity contribution in [3.8, 4) is 24.7 Å². The fourth-order valence-corrected chi connectivity index (χ4v) is 1.32. The molecule has 1 aliphatic heterocycles. The minimum Gasteiger partial charge on any atom is -0.311 e. The van der Waals surface area contributed by atoms with Crippen LogP contribution in [0.15, 0.2) is 0 Å². The zero-order valence-electron chi connectivity index (χ0n) is 7.11. The minimum atomic E-state index is -0.299. The molecule has 1 heterocycles. The number of carbonyl (C=O) groups excluding carboxylic acids is 1. The van der Waals surface area contributed by atoms with E-state index in [-0.39, 0.29) is 18.1 Å². The molecule has 2 amide bonds. The van der Waals surface area contributed by atoms with Gasteiger partial charge in [-0.25, -0.2) is 4.79 Å². The Kier molecular flexibility index (Phi) is 1.97. The van der Waals surface area contributed by atoms with Crippen molar-refractivity contribution in [3.63, 3.8) is 0 Å². The minimum absolute atomic E-state index is 0.124. The second-order valence-electron chi connectivity index (χ2n) is 2.73. The molecular formula is C9H10N2O. The summed E-state index contributed by atoms with van der Waals surface area (Å²) < 4.78 is 0. The van der Waals surface area contributed by atoms with Crippen LogP contribution in [-0.4, -0.2) is 42.0 Å². The van der Waals surface area contributed by atoms with Gasteiger partial charge in [-0.2, -0.15) is 0 Å². The van der Waals surface area contributed by atoms with Crippen molar-refractivity contribution in [2.24, 2.45) is 0 Å². The summed E-state index contributed by atoms with van der Waals surface area (Å²) in [6, 6.07) is -0.721. The molecule has 0 aromatic heterocycles. The number of urea groups is 1. The van der Waals surface area contributed by atoms with Crippen molar-refractivity contribution in [2.75, 3.05) is 14.1 Å². The highest BCUT2D eigenvalue weighted by atomic mass is 16.2. The molecule has 3 nitrogen and oxygen atoms in total. The molecule has 1 fully saturated rings. The fourth-order valence-electron chi connectivity index (χ4n) is 1.32. The van der Waals surface area contributed by atoms with E-state index in [1.165, 1.54) is 9.80 Å². The van der Waals surface area contributed by atoms with Gasteiger partial charge in [0.2, 0.25) is 0 Å². The van der Waals surface area contributed by atoms with Gasteiger partial charge in [0.15, 0.2) is 0 Å². The van der Waals surface area contributed by atoms with E-state index < -0.39 is 0 Å². The number of carbonyl (C=O) groups is 1. The van der Waals surface area contributed by atoms with Crippen LogP contribution in [0.3, 0.4) is 0 Å². The van der Waals surface area contributed by atoms with Gasteiger partial charge in [-0.1, -0.05) is 11.8 Å². The number of amides is 2. The summed E-state index contributed by atoms with van der Waals surface area (Å²) in [6.07, 6.45) is 10.5. The Hall–Kier alpha value is -1.61. The third-order valence-corrected chi connectivity index (χ3v) is 2.08. The predicted molar refractivity (Wildman–Crippen MR) is 46.2 cm³/mol. The topological polar surface area (TPSA) is 23.6 Å². The molecule has 1 saturated heterocycles. The van der Waals surface area contributed by atoms with Gasteiger partial charge < -0.3 is 9.80 Å². The van der Waals surface area contributed by atoms with Gasteiger partial charge >= 0.3 is 6.03 Å². The second-order valence-corrected chi connectivity index (χ2v) is 2.73. The third kappa shape index (κ3) is 0.914. The van der Waals surface area contributed by atoms with Crippen LogP contribution in [0.1, 0.15) is 0 Å². The van der Waals surface area contributed by atoms with Gasteiger partial charge in [-0.3, -0.25) is 0 Å². The molecule has 0 bridgehead atoms. The number of nitrogens with zero attached hydrogens (tertiary/aromatic N) is 2. The summed E-state index contributed by atoms with van der Waals surface area (Å²) in [5.41, 5.74) is 0. The van der Waals surface area contributed by atoms with Crippen molar-refractivity contribution in [1.29, 1.82) is 0 Å². The monoisotopic (exact) mass is 162 g/mol. The Morgan fingerprint density at radius 1 is 1.17 bits per heavy atom. The third-order valence-electron chi connectivity index (χ3n) is 2.08. The molecule has 1 aliphatic rings. The van der Waals surface area contributed by atoms with E-state index in [4.69, 9.17) is 12.8 Å². The molecule has 0 spiro atoms. The molecular weight excluding hydrogens is 152 g/mol. The molecule has 0 aromatic rings. The zero-order chi connectivity index (χ0) is 9.30. The number of terminal acetylenes is 2. The SMILES string of the molecule is C#CC1C(C#C)N(C)C(=O)N1C. The standard InChI is InChI=1S/C9H10N2O/c1-5-7-8(6-2)11(4)9(12)10(7)3/h1-2,7-8H,3-4H3. The van der Waals surface area contributed by atoms with Crippen LogP contribution >= 0.6 is 0 Å². The maximum atomic E-state index is 11.3. The molecule has 1 rings (SSSR count). The molecule has 2 unspecified atom stereocenters. The highest BCUT2D eigenvalue weighted by molar-refractivity contribution is 5.78. The molecule has 0 aromatic carbocycles. The molecule has 62 valence electrons. The number of hydrogen-bond acceptors (Lipinski definition) is 1. The van der Waals surface area contributed by atoms with Gasteiger partial charge in [-0.05, 0) is 0 Å². The Balaban J connectivity index is 2.99. The molecule has 12 heavy (non-hydrogen) atoms. The van der Waals surface area contributed by atoms with Crippen LogP contribution in [0, 0.1) is 24.7 Å². The van der Waals surface area contributed by atoms with Crippen LogP contribution in [-0.2, 0) is 0 Å². The van der Waals surface area contributed by atoms with E-state index in [0.717, 1.165) is 0 Å². The first kappa shape index (κ1) is 8.49. The van der Waals surface area contributed by atoms with E-state index in [9.17, 15) is 4.79 Å². The van der Waals surface area contributed by atoms with Crippen molar-refractivity contribution < 1.29 is 4.79 Å². The predicted octanol–water partition coefficient (Wildman–Crippen LogP) is -0.0128. The number of hydrogen-bond donors (Lipinski definition) is 0. The summed E-state index contributed by atoms with van der Waals surface area (Å²) >= 11 is 0. The van der Waals surface area contributed by atoms with Crippen molar-refractivity contribution in [3.05, 3.63) is 0 Å². The Morgan fingerprint density at radius 2 is 1.50 bits per heavy atom. The van der Waals surface area contributed by atoms with Crippen molar-refractivity contribution in [2.45, 2.75) is 12.1 Å². The lowest BCUT2D eigenvalue weighted by Gasteiger charge is -2.14. The van der Waals surface area contributed by atoms with Crippen LogP contribution in [0.4, 0.5) is 4.79 Å². The lowest BCUT2D eigenvalue weighted by Crippen LogP contribution is -2.32. The Labute approximate surface area is 72.3 Å². The highest BCUT2D eigenvalue weighted by Gasteiger charge is 2.39. The van der Waals surface area contributed by atoms with Gasteiger partial charge in [0.25, 0.3) is 0 Å².